The zero-order valence-corrected chi connectivity index (χ0v) is 8.07. The van der Waals surface area contributed by atoms with Crippen molar-refractivity contribution < 1.29 is 9.53 Å². The maximum absolute atomic E-state index is 11.4. The van der Waals surface area contributed by atoms with Crippen LogP contribution in [-0.4, -0.2) is 12.9 Å². The monoisotopic (exact) mass is 188 g/mol. The van der Waals surface area contributed by atoms with E-state index < -0.39 is 0 Å². The van der Waals surface area contributed by atoms with Gasteiger partial charge in [-0.1, -0.05) is 18.7 Å². The van der Waals surface area contributed by atoms with Crippen molar-refractivity contribution in [2.75, 3.05) is 7.11 Å². The number of ether oxygens (including phenoxy) is 1. The molecule has 14 heavy (non-hydrogen) atoms. The predicted octanol–water partition coefficient (Wildman–Crippen LogP) is 2.62. The molecule has 1 aromatic rings. The Morgan fingerprint density at radius 1 is 1.36 bits per heavy atom. The zero-order valence-electron chi connectivity index (χ0n) is 8.07. The van der Waals surface area contributed by atoms with E-state index in [0.29, 0.717) is 5.56 Å². The first-order chi connectivity index (χ1) is 6.77. The fraction of sp³-hybridized carbons (Fsp3) is 0.0833. The molecule has 0 heterocycles. The van der Waals surface area contributed by atoms with Crippen molar-refractivity contribution in [3.63, 3.8) is 0 Å². The molecule has 0 saturated heterocycles. The van der Waals surface area contributed by atoms with E-state index in [1.165, 1.54) is 6.08 Å². The summed E-state index contributed by atoms with van der Waals surface area (Å²) in [7, 11) is 1.59. The molecular weight excluding hydrogens is 176 g/mol. The minimum Gasteiger partial charge on any atom is -0.497 e. The first kappa shape index (κ1) is 10.3. The van der Waals surface area contributed by atoms with Gasteiger partial charge in [0.2, 0.25) is 0 Å². The summed E-state index contributed by atoms with van der Waals surface area (Å²) in [5, 5.41) is 0. The van der Waals surface area contributed by atoms with Gasteiger partial charge in [-0.2, -0.15) is 0 Å². The molecule has 0 spiro atoms. The van der Waals surface area contributed by atoms with Crippen molar-refractivity contribution in [3.05, 3.63) is 54.6 Å². The minimum atomic E-state index is -0.0347. The van der Waals surface area contributed by atoms with Crippen LogP contribution in [0, 0.1) is 0 Å². The summed E-state index contributed by atoms with van der Waals surface area (Å²) in [4.78, 5) is 11.4. The number of allylic oxidation sites excluding steroid dienone is 3. The van der Waals surface area contributed by atoms with Crippen molar-refractivity contribution in [2.24, 2.45) is 0 Å². The highest BCUT2D eigenvalue weighted by Crippen LogP contribution is 2.11. The molecule has 2 heteroatoms. The van der Waals surface area contributed by atoms with Gasteiger partial charge in [0.15, 0.2) is 5.78 Å². The van der Waals surface area contributed by atoms with Crippen LogP contribution >= 0.6 is 0 Å². The Hall–Kier alpha value is -1.83. The van der Waals surface area contributed by atoms with E-state index in [1.54, 1.807) is 43.5 Å². The number of rotatable bonds is 4. The summed E-state index contributed by atoms with van der Waals surface area (Å²) in [5.74, 6) is 0.710. The highest BCUT2D eigenvalue weighted by molar-refractivity contribution is 6.04. The average molecular weight is 188 g/mol. The van der Waals surface area contributed by atoms with E-state index in [0.717, 1.165) is 5.75 Å². The number of ketones is 1. The van der Waals surface area contributed by atoms with Crippen LogP contribution in [0.2, 0.25) is 0 Å². The molecule has 0 aliphatic heterocycles. The van der Waals surface area contributed by atoms with Gasteiger partial charge in [0.1, 0.15) is 5.75 Å². The SMILES string of the molecule is C=CC=CC(=O)c1ccc(OC)cc1. The van der Waals surface area contributed by atoms with Gasteiger partial charge in [-0.25, -0.2) is 0 Å². The van der Waals surface area contributed by atoms with Crippen molar-refractivity contribution >= 4 is 5.78 Å². The summed E-state index contributed by atoms with van der Waals surface area (Å²) in [6.45, 7) is 3.49. The van der Waals surface area contributed by atoms with Gasteiger partial charge in [-0.3, -0.25) is 4.79 Å². The van der Waals surface area contributed by atoms with E-state index in [-0.39, 0.29) is 5.78 Å². The van der Waals surface area contributed by atoms with Crippen LogP contribution in [0.4, 0.5) is 0 Å². The normalized spacial score (nSPS) is 10.1. The van der Waals surface area contributed by atoms with Crippen LogP contribution in [0.5, 0.6) is 5.75 Å². The molecule has 2 nitrogen and oxygen atoms in total. The van der Waals surface area contributed by atoms with Gasteiger partial charge in [0.25, 0.3) is 0 Å². The van der Waals surface area contributed by atoms with Crippen LogP contribution in [0.25, 0.3) is 0 Å². The van der Waals surface area contributed by atoms with Crippen LogP contribution in [0.3, 0.4) is 0 Å². The second kappa shape index (κ2) is 5.02. The Kier molecular flexibility index (Phi) is 3.68. The molecule has 0 aromatic heterocycles. The van der Waals surface area contributed by atoms with Crippen molar-refractivity contribution in [2.45, 2.75) is 0 Å². The summed E-state index contributed by atoms with van der Waals surface area (Å²) in [6.07, 6.45) is 4.67. The van der Waals surface area contributed by atoms with Gasteiger partial charge < -0.3 is 4.74 Å². The van der Waals surface area contributed by atoms with Crippen LogP contribution in [0.15, 0.2) is 49.1 Å². The van der Waals surface area contributed by atoms with Crippen molar-refractivity contribution in [1.82, 2.24) is 0 Å². The maximum Gasteiger partial charge on any atom is 0.185 e. The van der Waals surface area contributed by atoms with Gasteiger partial charge in [0.05, 0.1) is 7.11 Å². The average Bonchev–Trinajstić information content (AvgIpc) is 2.26. The molecule has 1 aromatic carbocycles. The second-order valence-corrected chi connectivity index (χ2v) is 2.69. The maximum atomic E-state index is 11.4. The molecular formula is C12H12O2. The number of hydrogen-bond donors (Lipinski definition) is 0. The molecule has 0 unspecified atom stereocenters. The van der Waals surface area contributed by atoms with E-state index in [4.69, 9.17) is 4.74 Å². The number of carbonyl (C=O) groups excluding carboxylic acids is 1. The number of hydrogen-bond acceptors (Lipinski definition) is 2. The van der Waals surface area contributed by atoms with Gasteiger partial charge in [-0.15, -0.1) is 0 Å². The molecule has 0 amide bonds. The Bertz CT molecular complexity index is 347. The Morgan fingerprint density at radius 3 is 2.50 bits per heavy atom. The lowest BCUT2D eigenvalue weighted by Gasteiger charge is -1.99. The third kappa shape index (κ3) is 2.59. The lowest BCUT2D eigenvalue weighted by molar-refractivity contribution is 0.104. The second-order valence-electron chi connectivity index (χ2n) is 2.69. The van der Waals surface area contributed by atoms with Gasteiger partial charge in [0, 0.05) is 5.56 Å². The lowest BCUT2D eigenvalue weighted by atomic mass is 10.1. The molecule has 0 aliphatic carbocycles. The standard InChI is InChI=1S/C12H12O2/c1-3-4-5-12(13)10-6-8-11(14-2)9-7-10/h3-9H,1H2,2H3. The highest BCUT2D eigenvalue weighted by atomic mass is 16.5. The van der Waals surface area contributed by atoms with E-state index in [9.17, 15) is 4.79 Å². The molecule has 0 aliphatic rings. The molecule has 72 valence electrons. The first-order valence-corrected chi connectivity index (χ1v) is 4.25. The molecule has 0 radical (unpaired) electrons. The Balaban J connectivity index is 2.81. The quantitative estimate of drug-likeness (QED) is 0.412. The summed E-state index contributed by atoms with van der Waals surface area (Å²) in [5.41, 5.74) is 0.643. The predicted molar refractivity (Wildman–Crippen MR) is 56.7 cm³/mol. The molecule has 0 saturated carbocycles. The molecule has 0 N–H and O–H groups in total. The van der Waals surface area contributed by atoms with Crippen LogP contribution < -0.4 is 4.74 Å². The summed E-state index contributed by atoms with van der Waals surface area (Å²) in [6, 6.07) is 6.98. The molecule has 0 fully saturated rings. The number of carbonyl (C=O) groups is 1. The number of benzene rings is 1. The highest BCUT2D eigenvalue weighted by Gasteiger charge is 2.00. The molecule has 0 bridgehead atoms. The Labute approximate surface area is 83.5 Å². The van der Waals surface area contributed by atoms with Crippen molar-refractivity contribution in [3.8, 4) is 5.75 Å². The fourth-order valence-corrected chi connectivity index (χ4v) is 1.01. The largest absolute Gasteiger partial charge is 0.497 e. The van der Waals surface area contributed by atoms with E-state index in [2.05, 4.69) is 6.58 Å². The van der Waals surface area contributed by atoms with Crippen LogP contribution in [-0.2, 0) is 0 Å². The van der Waals surface area contributed by atoms with Gasteiger partial charge >= 0.3 is 0 Å². The summed E-state index contributed by atoms with van der Waals surface area (Å²) < 4.78 is 4.98. The number of methoxy groups -OCH3 is 1. The smallest absolute Gasteiger partial charge is 0.185 e. The zero-order chi connectivity index (χ0) is 10.4. The minimum absolute atomic E-state index is 0.0347. The summed E-state index contributed by atoms with van der Waals surface area (Å²) >= 11 is 0. The van der Waals surface area contributed by atoms with Crippen molar-refractivity contribution in [1.29, 1.82) is 0 Å². The van der Waals surface area contributed by atoms with Gasteiger partial charge in [-0.05, 0) is 30.3 Å². The Morgan fingerprint density at radius 2 is 2.00 bits per heavy atom. The molecule has 0 atom stereocenters. The topological polar surface area (TPSA) is 26.3 Å². The lowest BCUT2D eigenvalue weighted by Crippen LogP contribution is -1.93. The third-order valence-corrected chi connectivity index (χ3v) is 1.76. The van der Waals surface area contributed by atoms with Crippen LogP contribution in [0.1, 0.15) is 10.4 Å². The first-order valence-electron chi connectivity index (χ1n) is 4.25. The molecule has 1 rings (SSSR count). The van der Waals surface area contributed by atoms with E-state index in [1.807, 2.05) is 0 Å². The van der Waals surface area contributed by atoms with E-state index >= 15 is 0 Å². The fourth-order valence-electron chi connectivity index (χ4n) is 1.01. The third-order valence-electron chi connectivity index (χ3n) is 1.76.